The fraction of sp³-hybridized carbons (Fsp3) is 0.625. The van der Waals surface area contributed by atoms with Gasteiger partial charge in [-0.1, -0.05) is 25.4 Å². The van der Waals surface area contributed by atoms with Crippen molar-refractivity contribution in [3.63, 3.8) is 0 Å². The van der Waals surface area contributed by atoms with Crippen LogP contribution < -0.4 is 10.5 Å². The largest absolute Gasteiger partial charge is 0.487 e. The van der Waals surface area contributed by atoms with Crippen LogP contribution in [0.2, 0.25) is 5.02 Å². The van der Waals surface area contributed by atoms with Gasteiger partial charge in [0.1, 0.15) is 11.4 Å². The van der Waals surface area contributed by atoms with Gasteiger partial charge in [-0.25, -0.2) is 0 Å². The van der Waals surface area contributed by atoms with E-state index in [9.17, 15) is 0 Å². The van der Waals surface area contributed by atoms with E-state index in [2.05, 4.69) is 13.8 Å². The van der Waals surface area contributed by atoms with Gasteiger partial charge in [-0.3, -0.25) is 0 Å². The van der Waals surface area contributed by atoms with Gasteiger partial charge in [0.05, 0.1) is 0 Å². The van der Waals surface area contributed by atoms with E-state index in [-0.39, 0.29) is 11.6 Å². The molecule has 0 aromatic heterocycles. The highest BCUT2D eigenvalue weighted by atomic mass is 35.5. The minimum Gasteiger partial charge on any atom is -0.487 e. The summed E-state index contributed by atoms with van der Waals surface area (Å²) in [4.78, 5) is 0. The second-order valence-corrected chi connectivity index (χ2v) is 7.38. The zero-order valence-corrected chi connectivity index (χ0v) is 12.5. The average Bonchev–Trinajstić information content (AvgIpc) is 2.35. The number of benzene rings is 1. The molecular formula is C16H22ClNO. The van der Waals surface area contributed by atoms with Crippen molar-refractivity contribution in [1.82, 2.24) is 0 Å². The Morgan fingerprint density at radius 3 is 2.58 bits per heavy atom. The van der Waals surface area contributed by atoms with Gasteiger partial charge in [-0.05, 0) is 49.3 Å². The van der Waals surface area contributed by atoms with Gasteiger partial charge in [-0.15, -0.1) is 0 Å². The Balaban J connectivity index is 1.87. The summed E-state index contributed by atoms with van der Waals surface area (Å²) in [6, 6.07) is 5.85. The topological polar surface area (TPSA) is 35.2 Å². The van der Waals surface area contributed by atoms with Gasteiger partial charge in [0, 0.05) is 23.0 Å². The summed E-state index contributed by atoms with van der Waals surface area (Å²) in [7, 11) is 0. The van der Waals surface area contributed by atoms with E-state index in [4.69, 9.17) is 22.1 Å². The van der Waals surface area contributed by atoms with Crippen LogP contribution in [-0.2, 0) is 0 Å². The number of nitrogens with two attached hydrogens (primary N) is 1. The lowest BCUT2D eigenvalue weighted by molar-refractivity contribution is -0.0259. The van der Waals surface area contributed by atoms with Crippen LogP contribution in [-0.4, -0.2) is 5.60 Å². The van der Waals surface area contributed by atoms with Crippen LogP contribution >= 0.6 is 11.6 Å². The third kappa shape index (κ3) is 2.48. The van der Waals surface area contributed by atoms with Gasteiger partial charge in [-0.2, -0.15) is 0 Å². The molecule has 2 aliphatic rings. The van der Waals surface area contributed by atoms with Gasteiger partial charge < -0.3 is 10.5 Å². The Hall–Kier alpha value is -0.730. The number of rotatable bonds is 0. The molecule has 0 saturated heterocycles. The van der Waals surface area contributed by atoms with Crippen molar-refractivity contribution >= 4 is 11.6 Å². The highest BCUT2D eigenvalue weighted by Gasteiger charge is 2.44. The second kappa shape index (κ2) is 4.39. The van der Waals surface area contributed by atoms with Crippen molar-refractivity contribution in [2.75, 3.05) is 0 Å². The summed E-state index contributed by atoms with van der Waals surface area (Å²) in [5.41, 5.74) is 7.81. The van der Waals surface area contributed by atoms with Crippen LogP contribution in [0.15, 0.2) is 18.2 Å². The molecule has 1 saturated carbocycles. The molecule has 1 atom stereocenters. The molecule has 2 N–H and O–H groups in total. The monoisotopic (exact) mass is 279 g/mol. The smallest absolute Gasteiger partial charge is 0.125 e. The number of halogens is 1. The summed E-state index contributed by atoms with van der Waals surface area (Å²) in [6.07, 6.45) is 5.55. The number of hydrogen-bond acceptors (Lipinski definition) is 2. The lowest BCUT2D eigenvalue weighted by Crippen LogP contribution is -2.46. The maximum absolute atomic E-state index is 6.35. The molecule has 1 aromatic carbocycles. The number of fused-ring (bicyclic) bond motifs is 1. The standard InChI is InChI=1S/C16H22ClNO/c1-15(2)5-7-16(8-6-15)10-13(18)12-9-11(17)3-4-14(12)19-16/h3-4,9,13H,5-8,10,18H2,1-2H3/t13-/m0/s1. The third-order valence-electron chi connectivity index (χ3n) is 4.80. The highest BCUT2D eigenvalue weighted by Crippen LogP contribution is 2.49. The van der Waals surface area contributed by atoms with Crippen LogP contribution in [0.25, 0.3) is 0 Å². The number of ether oxygens (including phenoxy) is 1. The molecule has 1 aromatic rings. The van der Waals surface area contributed by atoms with E-state index in [0.717, 1.165) is 35.6 Å². The van der Waals surface area contributed by atoms with Crippen LogP contribution in [0.4, 0.5) is 0 Å². The molecule has 0 amide bonds. The van der Waals surface area contributed by atoms with E-state index >= 15 is 0 Å². The number of hydrogen-bond donors (Lipinski definition) is 1. The van der Waals surface area contributed by atoms with Crippen LogP contribution in [0.1, 0.15) is 57.6 Å². The Labute approximate surface area is 120 Å². The molecule has 0 bridgehead atoms. The molecule has 3 rings (SSSR count). The molecule has 1 spiro atoms. The maximum atomic E-state index is 6.35. The summed E-state index contributed by atoms with van der Waals surface area (Å²) in [5.74, 6) is 0.933. The maximum Gasteiger partial charge on any atom is 0.125 e. The molecule has 104 valence electrons. The van der Waals surface area contributed by atoms with E-state index < -0.39 is 0 Å². The SMILES string of the molecule is CC1(C)CCC2(CC1)C[C@H](N)c1cc(Cl)ccc1O2. The normalized spacial score (nSPS) is 27.7. The molecule has 0 radical (unpaired) electrons. The van der Waals surface area contributed by atoms with Crippen LogP contribution in [0, 0.1) is 5.41 Å². The van der Waals surface area contributed by atoms with E-state index in [0.29, 0.717) is 5.41 Å². The average molecular weight is 280 g/mol. The van der Waals surface area contributed by atoms with Crippen molar-refractivity contribution in [3.8, 4) is 5.75 Å². The molecule has 1 aliphatic heterocycles. The van der Waals surface area contributed by atoms with Crippen molar-refractivity contribution in [3.05, 3.63) is 28.8 Å². The minimum atomic E-state index is -0.0459. The summed E-state index contributed by atoms with van der Waals surface area (Å²) in [6.45, 7) is 4.69. The van der Waals surface area contributed by atoms with Gasteiger partial charge in [0.2, 0.25) is 0 Å². The molecule has 1 aliphatic carbocycles. The zero-order valence-electron chi connectivity index (χ0n) is 11.7. The minimum absolute atomic E-state index is 0.0451. The fourth-order valence-electron chi connectivity index (χ4n) is 3.38. The quantitative estimate of drug-likeness (QED) is 0.761. The third-order valence-corrected chi connectivity index (χ3v) is 5.04. The fourth-order valence-corrected chi connectivity index (χ4v) is 3.56. The lowest BCUT2D eigenvalue weighted by atomic mass is 9.68. The molecule has 1 fully saturated rings. The second-order valence-electron chi connectivity index (χ2n) is 6.94. The molecule has 0 unspecified atom stereocenters. The highest BCUT2D eigenvalue weighted by molar-refractivity contribution is 6.30. The van der Waals surface area contributed by atoms with E-state index in [1.54, 1.807) is 0 Å². The van der Waals surface area contributed by atoms with Gasteiger partial charge in [0.25, 0.3) is 0 Å². The summed E-state index contributed by atoms with van der Waals surface area (Å²) < 4.78 is 6.34. The molecule has 2 nitrogen and oxygen atoms in total. The lowest BCUT2D eigenvalue weighted by Gasteiger charge is -2.47. The van der Waals surface area contributed by atoms with Crippen molar-refractivity contribution in [2.45, 2.75) is 57.6 Å². The predicted octanol–water partition coefficient (Wildman–Crippen LogP) is 4.46. The van der Waals surface area contributed by atoms with Crippen molar-refractivity contribution in [2.24, 2.45) is 11.1 Å². The van der Waals surface area contributed by atoms with Crippen LogP contribution in [0.3, 0.4) is 0 Å². The first-order valence-electron chi connectivity index (χ1n) is 7.13. The summed E-state index contributed by atoms with van der Waals surface area (Å²) >= 11 is 6.05. The first-order chi connectivity index (χ1) is 8.89. The molecular weight excluding hydrogens is 258 g/mol. The van der Waals surface area contributed by atoms with Gasteiger partial charge in [0.15, 0.2) is 0 Å². The molecule has 3 heteroatoms. The van der Waals surface area contributed by atoms with Crippen molar-refractivity contribution < 1.29 is 4.74 Å². The van der Waals surface area contributed by atoms with Crippen molar-refractivity contribution in [1.29, 1.82) is 0 Å². The Bertz CT molecular complexity index is 488. The first-order valence-corrected chi connectivity index (χ1v) is 7.51. The van der Waals surface area contributed by atoms with E-state index in [1.807, 2.05) is 18.2 Å². The first kappa shape index (κ1) is 13.3. The van der Waals surface area contributed by atoms with Crippen LogP contribution in [0.5, 0.6) is 5.75 Å². The zero-order chi connectivity index (χ0) is 13.7. The Morgan fingerprint density at radius 1 is 1.21 bits per heavy atom. The van der Waals surface area contributed by atoms with Gasteiger partial charge >= 0.3 is 0 Å². The molecule has 19 heavy (non-hydrogen) atoms. The Kier molecular flexibility index (Phi) is 3.06. The Morgan fingerprint density at radius 2 is 1.89 bits per heavy atom. The van der Waals surface area contributed by atoms with E-state index in [1.165, 1.54) is 12.8 Å². The summed E-state index contributed by atoms with van der Waals surface area (Å²) in [5, 5.41) is 0.735. The molecule has 1 heterocycles. The predicted molar refractivity (Wildman–Crippen MR) is 78.6 cm³/mol.